The van der Waals surface area contributed by atoms with Crippen molar-refractivity contribution in [2.75, 3.05) is 19.8 Å². The number of alkyl halides is 2. The molecule has 2 N–H and O–H groups in total. The fourth-order valence-electron chi connectivity index (χ4n) is 4.81. The Kier molecular flexibility index (Phi) is 9.89. The number of ether oxygens (including phenoxy) is 3. The lowest BCUT2D eigenvalue weighted by Crippen LogP contribution is -2.43. The molecule has 1 fully saturated rings. The molecular formula is C30H36F2N5O8P. The zero-order valence-corrected chi connectivity index (χ0v) is 26.8. The number of aliphatic hydroxyl groups excluding tert-OH is 1. The van der Waals surface area contributed by atoms with Crippen molar-refractivity contribution < 1.29 is 46.5 Å². The maximum atomic E-state index is 16.3. The topological polar surface area (TPSA) is 156 Å². The lowest BCUT2D eigenvalue weighted by Gasteiger charge is -2.27. The number of esters is 1. The quantitative estimate of drug-likeness (QED) is 0.147. The van der Waals surface area contributed by atoms with Gasteiger partial charge in [0.1, 0.15) is 24.2 Å². The van der Waals surface area contributed by atoms with Crippen LogP contribution < -0.4 is 14.3 Å². The highest BCUT2D eigenvalue weighted by Gasteiger charge is 2.58. The summed E-state index contributed by atoms with van der Waals surface area (Å²) < 4.78 is 74.5. The lowest BCUT2D eigenvalue weighted by molar-refractivity contribution is -0.202. The molecule has 1 saturated heterocycles. The second-order valence-electron chi connectivity index (χ2n) is 11.2. The van der Waals surface area contributed by atoms with Gasteiger partial charge in [0.2, 0.25) is 5.88 Å². The molecule has 4 aromatic rings. The maximum absolute atomic E-state index is 16.3. The van der Waals surface area contributed by atoms with Crippen LogP contribution in [0, 0.1) is 12.8 Å². The Bertz CT molecular complexity index is 1750. The van der Waals surface area contributed by atoms with Crippen LogP contribution in [0.1, 0.15) is 39.7 Å². The van der Waals surface area contributed by atoms with Gasteiger partial charge in [-0.05, 0) is 38.1 Å². The van der Waals surface area contributed by atoms with E-state index < -0.39 is 50.7 Å². The predicted octanol–water partition coefficient (Wildman–Crippen LogP) is 4.96. The number of aromatic nitrogens is 4. The molecule has 1 aliphatic rings. The maximum Gasteiger partial charge on any atom is 0.459 e. The average Bonchev–Trinajstić information content (AvgIpc) is 3.53. The molecule has 3 heterocycles. The van der Waals surface area contributed by atoms with E-state index in [9.17, 15) is 14.5 Å². The van der Waals surface area contributed by atoms with Crippen molar-refractivity contribution in [2.24, 2.45) is 5.92 Å². The number of imidazole rings is 1. The van der Waals surface area contributed by atoms with E-state index in [1.54, 1.807) is 50.2 Å². The molecule has 0 spiro atoms. The Morgan fingerprint density at radius 2 is 1.93 bits per heavy atom. The number of halogens is 2. The molecule has 13 nitrogen and oxygen atoms in total. The summed E-state index contributed by atoms with van der Waals surface area (Å²) in [6.07, 6.45) is -5.29. The van der Waals surface area contributed by atoms with Gasteiger partial charge in [0, 0.05) is 5.39 Å². The number of aliphatic hydroxyl groups is 1. The van der Waals surface area contributed by atoms with Crippen molar-refractivity contribution in [1.82, 2.24) is 24.6 Å². The second-order valence-corrected chi connectivity index (χ2v) is 12.9. The highest BCUT2D eigenvalue weighted by Crippen LogP contribution is 2.50. The molecule has 0 bridgehead atoms. The minimum absolute atomic E-state index is 0.0360. The summed E-state index contributed by atoms with van der Waals surface area (Å²) in [5, 5.41) is 14.5. The van der Waals surface area contributed by atoms with Crippen molar-refractivity contribution in [3.8, 4) is 11.6 Å². The van der Waals surface area contributed by atoms with Crippen LogP contribution in [0.25, 0.3) is 21.9 Å². The number of nitrogens with zero attached hydrogens (tertiary/aromatic N) is 4. The number of nitrogens with one attached hydrogen (secondary N) is 1. The summed E-state index contributed by atoms with van der Waals surface area (Å²) in [7, 11) is -4.64. The Balaban J connectivity index is 1.41. The standard InChI is InChI=1S/C30H36F2N5O8P/c1-6-41-27-24-26(34-19(5)35-27)37(16-33-24)28-23(31)25(38)30(32,44-28)15-43-46(40,36-18(4)29(39)42-14-17(2)3)45-22-13-9-11-20-10-7-8-12-21(20)22/h7-13,16-18,23,25,28,38H,6,14-15H2,1-5H3,(H,36,40)/t18?,23-,25+,28-,30-,46?/m1/s1. The minimum atomic E-state index is -4.64. The fraction of sp³-hybridized carbons (Fsp3) is 0.467. The summed E-state index contributed by atoms with van der Waals surface area (Å²) in [6, 6.07) is 10.8. The number of fused-ring (bicyclic) bond motifs is 2. The molecule has 2 unspecified atom stereocenters. The molecule has 5 rings (SSSR count). The Hall–Kier alpha value is -3.75. The van der Waals surface area contributed by atoms with Crippen LogP contribution in [0.4, 0.5) is 8.78 Å². The molecule has 0 saturated carbocycles. The van der Waals surface area contributed by atoms with E-state index in [-0.39, 0.29) is 47.7 Å². The normalized spacial score (nSPS) is 23.5. The van der Waals surface area contributed by atoms with Crippen LogP contribution >= 0.6 is 7.75 Å². The summed E-state index contributed by atoms with van der Waals surface area (Å²) in [5.41, 5.74) is 0.266. The van der Waals surface area contributed by atoms with Gasteiger partial charge < -0.3 is 23.8 Å². The average molecular weight is 664 g/mol. The van der Waals surface area contributed by atoms with Crippen molar-refractivity contribution in [3.63, 3.8) is 0 Å². The van der Waals surface area contributed by atoms with Crippen LogP contribution in [-0.2, 0) is 23.4 Å². The molecule has 248 valence electrons. The van der Waals surface area contributed by atoms with E-state index in [4.69, 9.17) is 23.3 Å². The Morgan fingerprint density at radius 3 is 2.67 bits per heavy atom. The Morgan fingerprint density at radius 1 is 1.20 bits per heavy atom. The molecule has 2 aromatic carbocycles. The number of hydrogen-bond donors (Lipinski definition) is 2. The first kappa shape index (κ1) is 33.6. The highest BCUT2D eigenvalue weighted by molar-refractivity contribution is 7.52. The molecular weight excluding hydrogens is 627 g/mol. The second kappa shape index (κ2) is 13.5. The van der Waals surface area contributed by atoms with E-state index in [1.807, 2.05) is 13.8 Å². The van der Waals surface area contributed by atoms with Crippen LogP contribution in [0.3, 0.4) is 0 Å². The van der Waals surface area contributed by atoms with Gasteiger partial charge >= 0.3 is 13.7 Å². The van der Waals surface area contributed by atoms with Gasteiger partial charge in [0.15, 0.2) is 29.7 Å². The van der Waals surface area contributed by atoms with Crippen LogP contribution in [0.15, 0.2) is 48.8 Å². The molecule has 0 amide bonds. The predicted molar refractivity (Wildman–Crippen MR) is 163 cm³/mol. The van der Waals surface area contributed by atoms with Gasteiger partial charge in [0.25, 0.3) is 5.85 Å². The first-order chi connectivity index (χ1) is 21.8. The van der Waals surface area contributed by atoms with E-state index in [2.05, 4.69) is 20.0 Å². The number of benzene rings is 2. The minimum Gasteiger partial charge on any atom is -0.476 e. The van der Waals surface area contributed by atoms with Gasteiger partial charge in [-0.2, -0.15) is 10.1 Å². The first-order valence-corrected chi connectivity index (χ1v) is 16.3. The monoisotopic (exact) mass is 663 g/mol. The summed E-state index contributed by atoms with van der Waals surface area (Å²) >= 11 is 0. The molecule has 2 aromatic heterocycles. The SMILES string of the molecule is CCOc1nc(C)nc2c1ncn2[C@@H]1O[C@](F)(COP(=O)(NC(C)C(=O)OCC(C)C)Oc2cccc3ccccc23)[C@@H](O)[C@H]1F. The first-order valence-electron chi connectivity index (χ1n) is 14.7. The third-order valence-electron chi connectivity index (χ3n) is 7.05. The molecule has 0 radical (unpaired) electrons. The number of rotatable bonds is 13. The summed E-state index contributed by atoms with van der Waals surface area (Å²) in [6.45, 7) is 7.53. The van der Waals surface area contributed by atoms with E-state index in [1.165, 1.54) is 19.3 Å². The smallest absolute Gasteiger partial charge is 0.459 e. The van der Waals surface area contributed by atoms with E-state index in [0.717, 1.165) is 9.95 Å². The van der Waals surface area contributed by atoms with Crippen molar-refractivity contribution in [3.05, 3.63) is 54.6 Å². The van der Waals surface area contributed by atoms with Gasteiger partial charge in [-0.1, -0.05) is 50.2 Å². The number of aryl methyl sites for hydroxylation is 1. The number of carbonyl (C=O) groups excluding carboxylic acids is 1. The largest absolute Gasteiger partial charge is 0.476 e. The van der Waals surface area contributed by atoms with Gasteiger partial charge in [-0.15, -0.1) is 0 Å². The third-order valence-corrected chi connectivity index (χ3v) is 8.66. The third kappa shape index (κ3) is 6.98. The van der Waals surface area contributed by atoms with Crippen LogP contribution in [0.5, 0.6) is 11.6 Å². The fourth-order valence-corrected chi connectivity index (χ4v) is 6.33. The molecule has 46 heavy (non-hydrogen) atoms. The molecule has 16 heteroatoms. The van der Waals surface area contributed by atoms with E-state index in [0.29, 0.717) is 5.39 Å². The van der Waals surface area contributed by atoms with Crippen molar-refractivity contribution in [2.45, 2.75) is 65.0 Å². The summed E-state index contributed by atoms with van der Waals surface area (Å²) in [5.74, 6) is -3.42. The van der Waals surface area contributed by atoms with Crippen LogP contribution in [0.2, 0.25) is 0 Å². The van der Waals surface area contributed by atoms with Crippen molar-refractivity contribution >= 4 is 35.7 Å². The summed E-state index contributed by atoms with van der Waals surface area (Å²) in [4.78, 5) is 25.3. The molecule has 0 aliphatic carbocycles. The van der Waals surface area contributed by atoms with Crippen molar-refractivity contribution in [1.29, 1.82) is 0 Å². The van der Waals surface area contributed by atoms with E-state index >= 15 is 8.78 Å². The lowest BCUT2D eigenvalue weighted by atomic mass is 10.1. The van der Waals surface area contributed by atoms with Crippen LogP contribution in [-0.4, -0.2) is 74.6 Å². The molecule has 6 atom stereocenters. The number of carbonyl (C=O) groups is 1. The Labute approximate surface area is 263 Å². The van der Waals surface area contributed by atoms with Gasteiger partial charge in [-0.3, -0.25) is 13.9 Å². The zero-order chi connectivity index (χ0) is 33.2. The highest BCUT2D eigenvalue weighted by atomic mass is 31.2. The molecule has 1 aliphatic heterocycles. The van der Waals surface area contributed by atoms with Gasteiger partial charge in [0.05, 0.1) is 19.5 Å². The zero-order valence-electron chi connectivity index (χ0n) is 25.9. The number of hydrogen-bond acceptors (Lipinski definition) is 11. The van der Waals surface area contributed by atoms with Gasteiger partial charge in [-0.25, -0.2) is 23.3 Å².